The minimum Gasteiger partial charge on any atom is -0.399 e. The molecule has 2 aromatic heterocycles. The highest BCUT2D eigenvalue weighted by Gasteiger charge is 2.08. The van der Waals surface area contributed by atoms with Gasteiger partial charge in [0, 0.05) is 23.6 Å². The third-order valence-corrected chi connectivity index (χ3v) is 2.95. The maximum absolute atomic E-state index is 9.09. The van der Waals surface area contributed by atoms with E-state index in [1.54, 1.807) is 29.2 Å². The van der Waals surface area contributed by atoms with Gasteiger partial charge in [-0.2, -0.15) is 10.4 Å². The van der Waals surface area contributed by atoms with Crippen LogP contribution in [0.5, 0.6) is 0 Å². The van der Waals surface area contributed by atoms with Gasteiger partial charge in [0.05, 0.1) is 11.8 Å². The van der Waals surface area contributed by atoms with Crippen LogP contribution in [0.2, 0.25) is 0 Å². The van der Waals surface area contributed by atoms with Crippen molar-refractivity contribution in [3.63, 3.8) is 0 Å². The average Bonchev–Trinajstić information content (AvgIpc) is 2.97. The molecule has 5 heteroatoms. The first-order valence-corrected chi connectivity index (χ1v) is 6.04. The number of nitriles is 1. The van der Waals surface area contributed by atoms with Gasteiger partial charge in [0.25, 0.3) is 0 Å². The summed E-state index contributed by atoms with van der Waals surface area (Å²) in [5.41, 5.74) is 8.84. The second-order valence-corrected chi connectivity index (χ2v) is 4.28. The molecule has 0 fully saturated rings. The van der Waals surface area contributed by atoms with Crippen LogP contribution in [0, 0.1) is 11.3 Å². The first-order valence-electron chi connectivity index (χ1n) is 6.04. The molecule has 96 valence electrons. The lowest BCUT2D eigenvalue weighted by Gasteiger charge is -2.01. The fraction of sp³-hybridized carbons (Fsp3) is 0. The molecular weight excluding hydrogens is 250 g/mol. The molecule has 2 N–H and O–H groups in total. The summed E-state index contributed by atoms with van der Waals surface area (Å²) in [6.07, 6.45) is 5.22. The Labute approximate surface area is 115 Å². The van der Waals surface area contributed by atoms with Gasteiger partial charge in [0.15, 0.2) is 5.82 Å². The molecule has 0 spiro atoms. The monoisotopic (exact) mass is 261 g/mol. The normalized spacial score (nSPS) is 10.2. The van der Waals surface area contributed by atoms with Crippen molar-refractivity contribution in [3.8, 4) is 23.0 Å². The molecule has 0 radical (unpaired) electrons. The Kier molecular flexibility index (Phi) is 2.90. The molecule has 0 aliphatic carbocycles. The Bertz CT molecular complexity index is 781. The molecule has 3 rings (SSSR count). The van der Waals surface area contributed by atoms with Crippen molar-refractivity contribution in [1.82, 2.24) is 14.8 Å². The standard InChI is InChI=1S/C15H11N5/c16-8-12-2-1-7-18-15(12)20-10-13(9-19-20)11-3-5-14(17)6-4-11/h1-7,9-10H,17H2. The third-order valence-electron chi connectivity index (χ3n) is 2.95. The van der Waals surface area contributed by atoms with Crippen LogP contribution in [0.3, 0.4) is 0 Å². The highest BCUT2D eigenvalue weighted by Crippen LogP contribution is 2.21. The number of rotatable bonds is 2. The summed E-state index contributed by atoms with van der Waals surface area (Å²) in [5, 5.41) is 13.4. The maximum atomic E-state index is 9.09. The number of pyridine rings is 1. The van der Waals surface area contributed by atoms with Crippen LogP contribution in [0.4, 0.5) is 5.69 Å². The van der Waals surface area contributed by atoms with Crippen LogP contribution < -0.4 is 5.73 Å². The molecule has 0 bridgehead atoms. The van der Waals surface area contributed by atoms with E-state index in [1.807, 2.05) is 30.5 Å². The molecule has 0 saturated carbocycles. The third kappa shape index (κ3) is 2.10. The number of hydrogen-bond acceptors (Lipinski definition) is 4. The zero-order chi connectivity index (χ0) is 13.9. The summed E-state index contributed by atoms with van der Waals surface area (Å²) in [6, 6.07) is 13.1. The van der Waals surface area contributed by atoms with E-state index in [4.69, 9.17) is 11.0 Å². The number of anilines is 1. The van der Waals surface area contributed by atoms with Crippen molar-refractivity contribution in [3.05, 3.63) is 60.6 Å². The van der Waals surface area contributed by atoms with Gasteiger partial charge in [-0.1, -0.05) is 12.1 Å². The summed E-state index contributed by atoms with van der Waals surface area (Å²) >= 11 is 0. The lowest BCUT2D eigenvalue weighted by molar-refractivity contribution is 0.843. The van der Waals surface area contributed by atoms with Crippen LogP contribution in [0.15, 0.2) is 55.0 Å². The first-order chi connectivity index (χ1) is 9.78. The molecule has 0 unspecified atom stereocenters. The number of hydrogen-bond donors (Lipinski definition) is 1. The van der Waals surface area contributed by atoms with E-state index in [0.29, 0.717) is 11.4 Å². The van der Waals surface area contributed by atoms with Crippen molar-refractivity contribution >= 4 is 5.69 Å². The first kappa shape index (κ1) is 11.9. The molecule has 5 nitrogen and oxygen atoms in total. The molecule has 1 aromatic carbocycles. The largest absolute Gasteiger partial charge is 0.399 e. The van der Waals surface area contributed by atoms with Gasteiger partial charge in [0.2, 0.25) is 0 Å². The predicted octanol–water partition coefficient (Wildman–Crippen LogP) is 2.39. The summed E-state index contributed by atoms with van der Waals surface area (Å²) in [5.74, 6) is 0.525. The van der Waals surface area contributed by atoms with E-state index in [0.717, 1.165) is 16.8 Å². The molecule has 0 aliphatic heterocycles. The summed E-state index contributed by atoms with van der Waals surface area (Å²) in [4.78, 5) is 4.20. The van der Waals surface area contributed by atoms with Crippen molar-refractivity contribution in [1.29, 1.82) is 5.26 Å². The minimum atomic E-state index is 0.486. The minimum absolute atomic E-state index is 0.486. The van der Waals surface area contributed by atoms with Crippen LogP contribution in [-0.2, 0) is 0 Å². The molecule has 0 amide bonds. The van der Waals surface area contributed by atoms with Gasteiger partial charge in [-0.15, -0.1) is 0 Å². The second kappa shape index (κ2) is 4.86. The Morgan fingerprint density at radius 1 is 1.10 bits per heavy atom. The van der Waals surface area contributed by atoms with Gasteiger partial charge in [0.1, 0.15) is 6.07 Å². The molecular formula is C15H11N5. The Morgan fingerprint density at radius 2 is 1.90 bits per heavy atom. The molecule has 3 aromatic rings. The number of nitrogens with zero attached hydrogens (tertiary/aromatic N) is 4. The lowest BCUT2D eigenvalue weighted by Crippen LogP contribution is -2.00. The summed E-state index contributed by atoms with van der Waals surface area (Å²) in [6.45, 7) is 0. The van der Waals surface area contributed by atoms with E-state index >= 15 is 0 Å². The zero-order valence-corrected chi connectivity index (χ0v) is 10.6. The van der Waals surface area contributed by atoms with Gasteiger partial charge < -0.3 is 5.73 Å². The SMILES string of the molecule is N#Cc1cccnc1-n1cc(-c2ccc(N)cc2)cn1. The molecule has 0 atom stereocenters. The Balaban J connectivity index is 2.02. The lowest BCUT2D eigenvalue weighted by atomic mass is 10.1. The van der Waals surface area contributed by atoms with E-state index in [9.17, 15) is 0 Å². The maximum Gasteiger partial charge on any atom is 0.171 e. The Hall–Kier alpha value is -3.13. The number of aromatic nitrogens is 3. The highest BCUT2D eigenvalue weighted by atomic mass is 15.3. The van der Waals surface area contributed by atoms with Crippen molar-refractivity contribution in [2.24, 2.45) is 0 Å². The van der Waals surface area contributed by atoms with Gasteiger partial charge in [-0.05, 0) is 29.8 Å². The van der Waals surface area contributed by atoms with Gasteiger partial charge in [-0.25, -0.2) is 9.67 Å². The van der Waals surface area contributed by atoms with E-state index in [-0.39, 0.29) is 0 Å². The molecule has 0 saturated heterocycles. The van der Waals surface area contributed by atoms with Crippen molar-refractivity contribution in [2.75, 3.05) is 5.73 Å². The van der Waals surface area contributed by atoms with Gasteiger partial charge in [-0.3, -0.25) is 0 Å². The summed E-state index contributed by atoms with van der Waals surface area (Å²) in [7, 11) is 0. The predicted molar refractivity (Wildman–Crippen MR) is 75.9 cm³/mol. The molecule has 0 aliphatic rings. The summed E-state index contributed by atoms with van der Waals surface area (Å²) < 4.78 is 1.60. The van der Waals surface area contributed by atoms with E-state index in [1.165, 1.54) is 0 Å². The highest BCUT2D eigenvalue weighted by molar-refractivity contribution is 5.64. The van der Waals surface area contributed by atoms with Crippen molar-refractivity contribution < 1.29 is 0 Å². The van der Waals surface area contributed by atoms with Gasteiger partial charge >= 0.3 is 0 Å². The topological polar surface area (TPSA) is 80.5 Å². The zero-order valence-electron chi connectivity index (χ0n) is 10.6. The van der Waals surface area contributed by atoms with Crippen LogP contribution in [0.1, 0.15) is 5.56 Å². The number of nitrogen functional groups attached to an aromatic ring is 1. The number of benzene rings is 1. The van der Waals surface area contributed by atoms with Crippen molar-refractivity contribution in [2.45, 2.75) is 0 Å². The van der Waals surface area contributed by atoms with Crippen LogP contribution in [0.25, 0.3) is 16.9 Å². The fourth-order valence-corrected chi connectivity index (χ4v) is 1.93. The van der Waals surface area contributed by atoms with Crippen LogP contribution >= 0.6 is 0 Å². The second-order valence-electron chi connectivity index (χ2n) is 4.28. The smallest absolute Gasteiger partial charge is 0.171 e. The van der Waals surface area contributed by atoms with Crippen LogP contribution in [-0.4, -0.2) is 14.8 Å². The molecule has 20 heavy (non-hydrogen) atoms. The Morgan fingerprint density at radius 3 is 2.65 bits per heavy atom. The number of nitrogens with two attached hydrogens (primary N) is 1. The fourth-order valence-electron chi connectivity index (χ4n) is 1.93. The quantitative estimate of drug-likeness (QED) is 0.718. The average molecular weight is 261 g/mol. The molecule has 2 heterocycles. The van der Waals surface area contributed by atoms with E-state index in [2.05, 4.69) is 16.2 Å². The van der Waals surface area contributed by atoms with E-state index < -0.39 is 0 Å².